The standard InChI is InChI=1S/C17H18N2O3/c1-13(19-17(21)14-7-3-2-4-8-14)11-16(20)22-12-15-9-5-6-10-18-15/h2-10,13H,11-12H2,1H3,(H,19,21). The first kappa shape index (κ1) is 15.7. The normalized spacial score (nSPS) is 11.5. The molecule has 1 atom stereocenters. The summed E-state index contributed by atoms with van der Waals surface area (Å²) in [4.78, 5) is 27.8. The molecular formula is C17H18N2O3. The van der Waals surface area contributed by atoms with E-state index in [9.17, 15) is 9.59 Å². The van der Waals surface area contributed by atoms with Crippen LogP contribution < -0.4 is 5.32 Å². The maximum Gasteiger partial charge on any atom is 0.308 e. The third kappa shape index (κ3) is 5.01. The molecule has 0 fully saturated rings. The molecule has 0 aliphatic heterocycles. The van der Waals surface area contributed by atoms with Gasteiger partial charge < -0.3 is 10.1 Å². The molecule has 114 valence electrons. The summed E-state index contributed by atoms with van der Waals surface area (Å²) in [5, 5.41) is 2.77. The van der Waals surface area contributed by atoms with Crippen LogP contribution in [0.4, 0.5) is 0 Å². The van der Waals surface area contributed by atoms with E-state index >= 15 is 0 Å². The van der Waals surface area contributed by atoms with Gasteiger partial charge in [-0.3, -0.25) is 14.6 Å². The Labute approximate surface area is 129 Å². The van der Waals surface area contributed by atoms with Crippen molar-refractivity contribution in [3.8, 4) is 0 Å². The Kier molecular flexibility index (Phi) is 5.65. The van der Waals surface area contributed by atoms with Crippen LogP contribution in [-0.4, -0.2) is 22.9 Å². The first-order valence-electron chi connectivity index (χ1n) is 7.06. The number of pyridine rings is 1. The molecule has 2 rings (SSSR count). The molecule has 0 radical (unpaired) electrons. The minimum Gasteiger partial charge on any atom is -0.459 e. The van der Waals surface area contributed by atoms with Crippen LogP contribution in [0.25, 0.3) is 0 Å². The molecule has 0 aliphatic carbocycles. The van der Waals surface area contributed by atoms with E-state index in [0.29, 0.717) is 11.3 Å². The second kappa shape index (κ2) is 7.93. The fourth-order valence-electron chi connectivity index (χ4n) is 1.89. The summed E-state index contributed by atoms with van der Waals surface area (Å²) < 4.78 is 5.13. The van der Waals surface area contributed by atoms with Gasteiger partial charge in [-0.15, -0.1) is 0 Å². The molecular weight excluding hydrogens is 280 g/mol. The Bertz CT molecular complexity index is 614. The zero-order chi connectivity index (χ0) is 15.8. The van der Waals surface area contributed by atoms with Crippen molar-refractivity contribution in [2.24, 2.45) is 0 Å². The van der Waals surface area contributed by atoms with E-state index in [4.69, 9.17) is 4.74 Å². The van der Waals surface area contributed by atoms with Crippen molar-refractivity contribution in [3.63, 3.8) is 0 Å². The highest BCUT2D eigenvalue weighted by molar-refractivity contribution is 5.94. The van der Waals surface area contributed by atoms with Crippen molar-refractivity contribution in [2.45, 2.75) is 26.0 Å². The molecule has 1 N–H and O–H groups in total. The molecule has 1 heterocycles. The maximum absolute atomic E-state index is 11.9. The van der Waals surface area contributed by atoms with E-state index in [1.807, 2.05) is 12.1 Å². The van der Waals surface area contributed by atoms with Gasteiger partial charge >= 0.3 is 5.97 Å². The summed E-state index contributed by atoms with van der Waals surface area (Å²) in [5.74, 6) is -0.572. The lowest BCUT2D eigenvalue weighted by Crippen LogP contribution is -2.34. The molecule has 1 unspecified atom stereocenters. The first-order chi connectivity index (χ1) is 10.6. The summed E-state index contributed by atoms with van der Waals surface area (Å²) in [5.41, 5.74) is 1.26. The summed E-state index contributed by atoms with van der Waals surface area (Å²) in [6.45, 7) is 1.90. The van der Waals surface area contributed by atoms with E-state index in [1.165, 1.54) is 0 Å². The Morgan fingerprint density at radius 1 is 1.14 bits per heavy atom. The zero-order valence-corrected chi connectivity index (χ0v) is 12.4. The summed E-state index contributed by atoms with van der Waals surface area (Å²) in [6.07, 6.45) is 1.76. The van der Waals surface area contributed by atoms with Crippen molar-refractivity contribution in [2.75, 3.05) is 0 Å². The van der Waals surface area contributed by atoms with Crippen LogP contribution in [0.1, 0.15) is 29.4 Å². The van der Waals surface area contributed by atoms with Crippen molar-refractivity contribution < 1.29 is 14.3 Å². The average Bonchev–Trinajstić information content (AvgIpc) is 2.54. The number of ether oxygens (including phenoxy) is 1. The quantitative estimate of drug-likeness (QED) is 0.831. The van der Waals surface area contributed by atoms with Crippen LogP contribution in [0.5, 0.6) is 0 Å². The van der Waals surface area contributed by atoms with Gasteiger partial charge in [-0.25, -0.2) is 0 Å². The van der Waals surface area contributed by atoms with E-state index in [0.717, 1.165) is 0 Å². The molecule has 0 saturated carbocycles. The van der Waals surface area contributed by atoms with Crippen LogP contribution in [0.15, 0.2) is 54.7 Å². The number of esters is 1. The third-order valence-corrected chi connectivity index (χ3v) is 2.99. The molecule has 0 saturated heterocycles. The van der Waals surface area contributed by atoms with Crippen LogP contribution >= 0.6 is 0 Å². The van der Waals surface area contributed by atoms with E-state index in [1.54, 1.807) is 49.5 Å². The number of nitrogens with zero attached hydrogens (tertiary/aromatic N) is 1. The van der Waals surface area contributed by atoms with Gasteiger partial charge in [0.15, 0.2) is 0 Å². The van der Waals surface area contributed by atoms with Gasteiger partial charge in [-0.1, -0.05) is 24.3 Å². The number of hydrogen-bond donors (Lipinski definition) is 1. The maximum atomic E-state index is 11.9. The molecule has 0 aliphatic rings. The molecule has 1 aromatic heterocycles. The number of aromatic nitrogens is 1. The number of benzene rings is 1. The number of carbonyl (C=O) groups is 2. The van der Waals surface area contributed by atoms with Crippen molar-refractivity contribution in [1.82, 2.24) is 10.3 Å². The molecule has 1 amide bonds. The largest absolute Gasteiger partial charge is 0.459 e. The molecule has 5 heteroatoms. The molecule has 5 nitrogen and oxygen atoms in total. The second-order valence-electron chi connectivity index (χ2n) is 4.93. The van der Waals surface area contributed by atoms with Crippen molar-refractivity contribution >= 4 is 11.9 Å². The lowest BCUT2D eigenvalue weighted by Gasteiger charge is -2.13. The van der Waals surface area contributed by atoms with Gasteiger partial charge in [0.1, 0.15) is 6.61 Å². The first-order valence-corrected chi connectivity index (χ1v) is 7.06. The van der Waals surface area contributed by atoms with Gasteiger partial charge in [0.25, 0.3) is 5.91 Å². The molecule has 2 aromatic rings. The van der Waals surface area contributed by atoms with E-state index in [2.05, 4.69) is 10.3 Å². The number of carbonyl (C=O) groups excluding carboxylic acids is 2. The van der Waals surface area contributed by atoms with Crippen LogP contribution in [0, 0.1) is 0 Å². The minimum atomic E-state index is -0.369. The lowest BCUT2D eigenvalue weighted by atomic mass is 10.2. The number of hydrogen-bond acceptors (Lipinski definition) is 4. The lowest BCUT2D eigenvalue weighted by molar-refractivity contribution is -0.145. The summed E-state index contributed by atoms with van der Waals surface area (Å²) >= 11 is 0. The van der Waals surface area contributed by atoms with Gasteiger partial charge in [-0.2, -0.15) is 0 Å². The smallest absolute Gasteiger partial charge is 0.308 e. The van der Waals surface area contributed by atoms with E-state index in [-0.39, 0.29) is 30.9 Å². The van der Waals surface area contributed by atoms with Crippen molar-refractivity contribution in [1.29, 1.82) is 0 Å². The predicted molar refractivity (Wildman–Crippen MR) is 82.0 cm³/mol. The molecule has 0 spiro atoms. The topological polar surface area (TPSA) is 68.3 Å². The fraction of sp³-hybridized carbons (Fsp3) is 0.235. The Hall–Kier alpha value is -2.69. The highest BCUT2D eigenvalue weighted by Gasteiger charge is 2.14. The summed E-state index contributed by atoms with van der Waals surface area (Å²) in [7, 11) is 0. The monoisotopic (exact) mass is 298 g/mol. The van der Waals surface area contributed by atoms with Crippen LogP contribution in [0.2, 0.25) is 0 Å². The highest BCUT2D eigenvalue weighted by Crippen LogP contribution is 2.03. The van der Waals surface area contributed by atoms with Crippen LogP contribution in [0.3, 0.4) is 0 Å². The van der Waals surface area contributed by atoms with Crippen molar-refractivity contribution in [3.05, 3.63) is 66.0 Å². The SMILES string of the molecule is CC(CC(=O)OCc1ccccn1)NC(=O)c1ccccc1. The Balaban J connectivity index is 1.75. The van der Waals surface area contributed by atoms with E-state index < -0.39 is 0 Å². The average molecular weight is 298 g/mol. The van der Waals surface area contributed by atoms with Gasteiger partial charge in [0, 0.05) is 17.8 Å². The second-order valence-corrected chi connectivity index (χ2v) is 4.93. The Morgan fingerprint density at radius 3 is 2.55 bits per heavy atom. The predicted octanol–water partition coefficient (Wildman–Crippen LogP) is 2.33. The molecule has 0 bridgehead atoms. The number of rotatable bonds is 6. The van der Waals surface area contributed by atoms with Gasteiger partial charge in [0.2, 0.25) is 0 Å². The number of nitrogens with one attached hydrogen (secondary N) is 1. The molecule has 1 aromatic carbocycles. The van der Waals surface area contributed by atoms with Crippen LogP contribution in [-0.2, 0) is 16.1 Å². The molecule has 22 heavy (non-hydrogen) atoms. The fourth-order valence-corrected chi connectivity index (χ4v) is 1.89. The Morgan fingerprint density at radius 2 is 1.86 bits per heavy atom. The zero-order valence-electron chi connectivity index (χ0n) is 12.4. The van der Waals surface area contributed by atoms with Gasteiger partial charge in [0.05, 0.1) is 12.1 Å². The number of amides is 1. The summed E-state index contributed by atoms with van der Waals surface area (Å²) in [6, 6.07) is 14.0. The minimum absolute atomic E-state index is 0.116. The highest BCUT2D eigenvalue weighted by atomic mass is 16.5. The third-order valence-electron chi connectivity index (χ3n) is 2.99. The van der Waals surface area contributed by atoms with Gasteiger partial charge in [-0.05, 0) is 31.2 Å².